The van der Waals surface area contributed by atoms with Crippen molar-refractivity contribution in [3.05, 3.63) is 59.4 Å². The Kier molecular flexibility index (Phi) is 4.74. The van der Waals surface area contributed by atoms with Crippen molar-refractivity contribution in [2.75, 3.05) is 5.32 Å². The van der Waals surface area contributed by atoms with Crippen molar-refractivity contribution < 1.29 is 9.59 Å². The molecular formula is C18H20N4O2. The SMILES string of the molecule is Cc1cccc(CNC(=O)c2cccc(NC(=O)NC3CC3)c2)n1. The highest BCUT2D eigenvalue weighted by atomic mass is 16.2. The maximum Gasteiger partial charge on any atom is 0.319 e. The Bertz CT molecular complexity index is 756. The van der Waals surface area contributed by atoms with Gasteiger partial charge in [0.25, 0.3) is 5.91 Å². The van der Waals surface area contributed by atoms with Crippen molar-refractivity contribution >= 4 is 17.6 Å². The maximum absolute atomic E-state index is 12.3. The molecule has 3 amide bonds. The predicted molar refractivity (Wildman–Crippen MR) is 91.8 cm³/mol. The van der Waals surface area contributed by atoms with E-state index in [-0.39, 0.29) is 11.9 Å². The fourth-order valence-corrected chi connectivity index (χ4v) is 2.29. The van der Waals surface area contributed by atoms with Crippen molar-refractivity contribution in [1.82, 2.24) is 15.6 Å². The van der Waals surface area contributed by atoms with E-state index in [1.807, 2.05) is 25.1 Å². The van der Waals surface area contributed by atoms with Crippen molar-refractivity contribution in [3.63, 3.8) is 0 Å². The van der Waals surface area contributed by atoms with E-state index < -0.39 is 0 Å². The highest BCUT2D eigenvalue weighted by Crippen LogP contribution is 2.19. The molecule has 3 rings (SSSR count). The van der Waals surface area contributed by atoms with Gasteiger partial charge in [-0.3, -0.25) is 9.78 Å². The topological polar surface area (TPSA) is 83.1 Å². The summed E-state index contributed by atoms with van der Waals surface area (Å²) >= 11 is 0. The molecule has 124 valence electrons. The second kappa shape index (κ2) is 7.12. The lowest BCUT2D eigenvalue weighted by atomic mass is 10.2. The number of hydrogen-bond donors (Lipinski definition) is 3. The summed E-state index contributed by atoms with van der Waals surface area (Å²) in [7, 11) is 0. The van der Waals surface area contributed by atoms with E-state index in [0.717, 1.165) is 24.2 Å². The molecule has 0 radical (unpaired) electrons. The van der Waals surface area contributed by atoms with Crippen LogP contribution in [-0.4, -0.2) is 23.0 Å². The number of nitrogens with zero attached hydrogens (tertiary/aromatic N) is 1. The van der Waals surface area contributed by atoms with Crippen LogP contribution in [0.3, 0.4) is 0 Å². The zero-order chi connectivity index (χ0) is 16.9. The third-order valence-corrected chi connectivity index (χ3v) is 3.67. The molecule has 6 heteroatoms. The van der Waals surface area contributed by atoms with Gasteiger partial charge in [-0.25, -0.2) is 4.79 Å². The smallest absolute Gasteiger partial charge is 0.319 e. The molecule has 0 saturated heterocycles. The van der Waals surface area contributed by atoms with E-state index >= 15 is 0 Å². The van der Waals surface area contributed by atoms with E-state index in [9.17, 15) is 9.59 Å². The van der Waals surface area contributed by atoms with E-state index in [0.29, 0.717) is 23.8 Å². The van der Waals surface area contributed by atoms with E-state index in [4.69, 9.17) is 0 Å². The van der Waals surface area contributed by atoms with Crippen LogP contribution in [0.1, 0.15) is 34.6 Å². The number of urea groups is 1. The first-order valence-electron chi connectivity index (χ1n) is 7.98. The molecule has 1 aromatic carbocycles. The Morgan fingerprint density at radius 2 is 1.96 bits per heavy atom. The number of aryl methyl sites for hydroxylation is 1. The van der Waals surface area contributed by atoms with Crippen molar-refractivity contribution in [2.24, 2.45) is 0 Å². The van der Waals surface area contributed by atoms with Gasteiger partial charge in [0.15, 0.2) is 0 Å². The highest BCUT2D eigenvalue weighted by Gasteiger charge is 2.23. The molecule has 24 heavy (non-hydrogen) atoms. The molecule has 0 bridgehead atoms. The van der Waals surface area contributed by atoms with Gasteiger partial charge in [0.05, 0.1) is 12.2 Å². The minimum atomic E-state index is -0.237. The molecule has 1 fully saturated rings. The lowest BCUT2D eigenvalue weighted by molar-refractivity contribution is 0.0950. The Labute approximate surface area is 140 Å². The molecule has 0 unspecified atom stereocenters. The van der Waals surface area contributed by atoms with Crippen LogP contribution >= 0.6 is 0 Å². The van der Waals surface area contributed by atoms with Crippen LogP contribution < -0.4 is 16.0 Å². The third-order valence-electron chi connectivity index (χ3n) is 3.67. The summed E-state index contributed by atoms with van der Waals surface area (Å²) in [5.41, 5.74) is 2.80. The normalized spacial score (nSPS) is 13.2. The zero-order valence-electron chi connectivity index (χ0n) is 13.5. The summed E-state index contributed by atoms with van der Waals surface area (Å²) in [6.07, 6.45) is 2.06. The monoisotopic (exact) mass is 324 g/mol. The summed E-state index contributed by atoms with van der Waals surface area (Å²) in [6.45, 7) is 2.27. The number of rotatable bonds is 5. The summed E-state index contributed by atoms with van der Waals surface area (Å²) in [4.78, 5) is 28.4. The van der Waals surface area contributed by atoms with Gasteiger partial charge in [-0.2, -0.15) is 0 Å². The van der Waals surface area contributed by atoms with Crippen LogP contribution in [0.4, 0.5) is 10.5 Å². The first kappa shape index (κ1) is 16.0. The summed E-state index contributed by atoms with van der Waals surface area (Å²) in [6, 6.07) is 12.6. The maximum atomic E-state index is 12.3. The summed E-state index contributed by atoms with van der Waals surface area (Å²) in [5, 5.41) is 8.43. The number of carbonyl (C=O) groups is 2. The van der Waals surface area contributed by atoms with Gasteiger partial charge in [-0.15, -0.1) is 0 Å². The summed E-state index contributed by atoms with van der Waals surface area (Å²) in [5.74, 6) is -0.204. The van der Waals surface area contributed by atoms with Gasteiger partial charge in [0.2, 0.25) is 0 Å². The lowest BCUT2D eigenvalue weighted by Gasteiger charge is -2.09. The molecule has 3 N–H and O–H groups in total. The first-order valence-corrected chi connectivity index (χ1v) is 7.98. The Balaban J connectivity index is 1.57. The van der Waals surface area contributed by atoms with E-state index in [2.05, 4.69) is 20.9 Å². The first-order chi connectivity index (χ1) is 11.6. The molecule has 0 atom stereocenters. The molecule has 1 aliphatic rings. The Morgan fingerprint density at radius 1 is 1.17 bits per heavy atom. The number of amides is 3. The number of benzene rings is 1. The second-order valence-corrected chi connectivity index (χ2v) is 5.91. The Morgan fingerprint density at radius 3 is 2.71 bits per heavy atom. The van der Waals surface area contributed by atoms with Gasteiger partial charge in [0.1, 0.15) is 0 Å². The molecule has 1 aliphatic carbocycles. The minimum Gasteiger partial charge on any atom is -0.346 e. The molecule has 1 aromatic heterocycles. The van der Waals surface area contributed by atoms with Crippen molar-refractivity contribution in [1.29, 1.82) is 0 Å². The predicted octanol–water partition coefficient (Wildman–Crippen LogP) is 2.60. The number of carbonyl (C=O) groups excluding carboxylic acids is 2. The quantitative estimate of drug-likeness (QED) is 0.790. The van der Waals surface area contributed by atoms with Crippen LogP contribution in [0.25, 0.3) is 0 Å². The second-order valence-electron chi connectivity index (χ2n) is 5.91. The van der Waals surface area contributed by atoms with Crippen LogP contribution in [0, 0.1) is 6.92 Å². The molecule has 0 spiro atoms. The van der Waals surface area contributed by atoms with Gasteiger partial charge < -0.3 is 16.0 Å². The molecule has 6 nitrogen and oxygen atoms in total. The fraction of sp³-hybridized carbons (Fsp3) is 0.278. The lowest BCUT2D eigenvalue weighted by Crippen LogP contribution is -2.30. The van der Waals surface area contributed by atoms with Crippen LogP contribution in [-0.2, 0) is 6.54 Å². The van der Waals surface area contributed by atoms with Gasteiger partial charge in [0, 0.05) is 23.0 Å². The molecular weight excluding hydrogens is 304 g/mol. The number of aromatic nitrogens is 1. The van der Waals surface area contributed by atoms with Crippen LogP contribution in [0.2, 0.25) is 0 Å². The average molecular weight is 324 g/mol. The average Bonchev–Trinajstić information content (AvgIpc) is 3.36. The standard InChI is InChI=1S/C18H20N4O2/c1-12-4-2-7-16(20-12)11-19-17(23)13-5-3-6-15(10-13)22-18(24)21-14-8-9-14/h2-7,10,14H,8-9,11H2,1H3,(H,19,23)(H2,21,22,24). The van der Waals surface area contributed by atoms with Crippen LogP contribution in [0.15, 0.2) is 42.5 Å². The van der Waals surface area contributed by atoms with Gasteiger partial charge >= 0.3 is 6.03 Å². The molecule has 1 heterocycles. The van der Waals surface area contributed by atoms with E-state index in [1.54, 1.807) is 24.3 Å². The highest BCUT2D eigenvalue weighted by molar-refractivity contribution is 5.96. The fourth-order valence-electron chi connectivity index (χ4n) is 2.29. The number of pyridine rings is 1. The number of anilines is 1. The number of nitrogens with one attached hydrogen (secondary N) is 3. The largest absolute Gasteiger partial charge is 0.346 e. The third kappa shape index (κ3) is 4.55. The molecule has 0 aliphatic heterocycles. The molecule has 2 aromatic rings. The van der Waals surface area contributed by atoms with Crippen molar-refractivity contribution in [3.8, 4) is 0 Å². The zero-order valence-corrected chi connectivity index (χ0v) is 13.5. The van der Waals surface area contributed by atoms with Gasteiger partial charge in [-0.05, 0) is 50.1 Å². The Hall–Kier alpha value is -2.89. The number of hydrogen-bond acceptors (Lipinski definition) is 3. The molecule has 1 saturated carbocycles. The van der Waals surface area contributed by atoms with Gasteiger partial charge in [-0.1, -0.05) is 12.1 Å². The summed E-state index contributed by atoms with van der Waals surface area (Å²) < 4.78 is 0. The minimum absolute atomic E-state index is 0.204. The van der Waals surface area contributed by atoms with E-state index in [1.165, 1.54) is 0 Å². The van der Waals surface area contributed by atoms with Crippen LogP contribution in [0.5, 0.6) is 0 Å². The van der Waals surface area contributed by atoms with Crippen molar-refractivity contribution in [2.45, 2.75) is 32.4 Å².